The quantitative estimate of drug-likeness (QED) is 0.834. The number of carboxylic acid groups (broad SMARTS) is 1. The minimum Gasteiger partial charge on any atom is -0.481 e. The second kappa shape index (κ2) is 5.92. The largest absolute Gasteiger partial charge is 0.481 e. The molecule has 0 saturated heterocycles. The molecule has 1 saturated carbocycles. The van der Waals surface area contributed by atoms with Gasteiger partial charge in [-0.25, -0.2) is 0 Å². The fourth-order valence-electron chi connectivity index (χ4n) is 4.12. The molecule has 1 heterocycles. The van der Waals surface area contributed by atoms with Gasteiger partial charge in [0.05, 0.1) is 17.5 Å². The van der Waals surface area contributed by atoms with E-state index in [-0.39, 0.29) is 17.7 Å². The Morgan fingerprint density at radius 2 is 1.80 bits per heavy atom. The van der Waals surface area contributed by atoms with Gasteiger partial charge >= 0.3 is 5.97 Å². The molecule has 0 radical (unpaired) electrons. The molecule has 25 heavy (non-hydrogen) atoms. The molecule has 2 aliphatic rings. The van der Waals surface area contributed by atoms with E-state index in [1.807, 2.05) is 55.5 Å². The minimum absolute atomic E-state index is 0.00381. The molecule has 4 rings (SSSR count). The Bertz CT molecular complexity index is 866. The zero-order valence-electron chi connectivity index (χ0n) is 13.8. The summed E-state index contributed by atoms with van der Waals surface area (Å²) in [6.45, 7) is 1.86. The molecule has 4 atom stereocenters. The molecule has 2 N–H and O–H groups in total. The van der Waals surface area contributed by atoms with Crippen LogP contribution in [-0.4, -0.2) is 17.0 Å². The Hall–Kier alpha value is -2.82. The Morgan fingerprint density at radius 1 is 1.08 bits per heavy atom. The van der Waals surface area contributed by atoms with Gasteiger partial charge in [-0.2, -0.15) is 0 Å². The van der Waals surface area contributed by atoms with Crippen LogP contribution in [0.25, 0.3) is 11.3 Å². The summed E-state index contributed by atoms with van der Waals surface area (Å²) >= 11 is 0. The maximum Gasteiger partial charge on any atom is 0.307 e. The molecule has 0 unspecified atom stereocenters. The number of para-hydroxylation sites is 1. The zero-order chi connectivity index (χ0) is 17.6. The van der Waals surface area contributed by atoms with Gasteiger partial charge in [0.2, 0.25) is 5.91 Å². The molecule has 5 nitrogen and oxygen atoms in total. The molecule has 0 spiro atoms. The average Bonchev–Trinajstić information content (AvgIpc) is 3.30. The molecular weight excluding hydrogens is 318 g/mol. The predicted octanol–water partition coefficient (Wildman–Crippen LogP) is 3.72. The van der Waals surface area contributed by atoms with Crippen molar-refractivity contribution in [2.45, 2.75) is 13.3 Å². The van der Waals surface area contributed by atoms with Crippen LogP contribution >= 0.6 is 0 Å². The van der Waals surface area contributed by atoms with Crippen LogP contribution in [0.3, 0.4) is 0 Å². The number of aryl methyl sites for hydroxylation is 1. The van der Waals surface area contributed by atoms with Crippen LogP contribution in [0, 0.1) is 30.6 Å². The standard InChI is InChI=1S/C20H19NO4/c1-11-6-9-16(25-11)14-4-2-3-5-15(14)21-19(22)17-12-7-8-13(10-12)18(17)20(23)24/h2-9,12-13,17-18H,10H2,1H3,(H,21,22)(H,23,24)/t12-,13+,17+,18-/m0/s1. The molecule has 0 aliphatic heterocycles. The van der Waals surface area contributed by atoms with Gasteiger partial charge in [-0.1, -0.05) is 24.3 Å². The van der Waals surface area contributed by atoms with Gasteiger partial charge < -0.3 is 14.8 Å². The number of aliphatic carboxylic acids is 1. The lowest BCUT2D eigenvalue weighted by Gasteiger charge is -2.24. The number of hydrogen-bond donors (Lipinski definition) is 2. The third kappa shape index (κ3) is 2.65. The lowest BCUT2D eigenvalue weighted by atomic mass is 9.82. The van der Waals surface area contributed by atoms with Crippen molar-refractivity contribution in [3.05, 3.63) is 54.3 Å². The summed E-state index contributed by atoms with van der Waals surface area (Å²) in [6.07, 6.45) is 4.66. The second-order valence-corrected chi connectivity index (χ2v) is 6.78. The van der Waals surface area contributed by atoms with E-state index in [2.05, 4.69) is 5.32 Å². The summed E-state index contributed by atoms with van der Waals surface area (Å²) in [6, 6.07) is 11.1. The van der Waals surface area contributed by atoms with Gasteiger partial charge in [0.1, 0.15) is 11.5 Å². The molecule has 1 amide bonds. The minimum atomic E-state index is -0.896. The van der Waals surface area contributed by atoms with E-state index in [1.54, 1.807) is 0 Å². The van der Waals surface area contributed by atoms with Gasteiger partial charge in [-0.15, -0.1) is 0 Å². The molecule has 128 valence electrons. The van der Waals surface area contributed by atoms with Crippen molar-refractivity contribution >= 4 is 17.6 Å². The van der Waals surface area contributed by atoms with Gasteiger partial charge in [0.25, 0.3) is 0 Å². The number of nitrogens with one attached hydrogen (secondary N) is 1. The lowest BCUT2D eigenvalue weighted by Crippen LogP contribution is -2.36. The van der Waals surface area contributed by atoms with Crippen molar-refractivity contribution in [3.8, 4) is 11.3 Å². The fraction of sp³-hybridized carbons (Fsp3) is 0.300. The van der Waals surface area contributed by atoms with E-state index in [0.29, 0.717) is 11.4 Å². The first-order valence-electron chi connectivity index (χ1n) is 8.42. The number of fused-ring (bicyclic) bond motifs is 2. The highest BCUT2D eigenvalue weighted by Gasteiger charge is 2.51. The molecule has 2 aliphatic carbocycles. The van der Waals surface area contributed by atoms with E-state index in [1.165, 1.54) is 0 Å². The number of amides is 1. The molecule has 1 fully saturated rings. The third-order valence-electron chi connectivity index (χ3n) is 5.24. The number of carbonyl (C=O) groups is 2. The Kier molecular flexibility index (Phi) is 3.71. The van der Waals surface area contributed by atoms with Gasteiger partial charge in [0.15, 0.2) is 0 Å². The number of rotatable bonds is 4. The van der Waals surface area contributed by atoms with Crippen LogP contribution in [0.5, 0.6) is 0 Å². The van der Waals surface area contributed by atoms with Gasteiger partial charge in [-0.05, 0) is 49.4 Å². The first kappa shape index (κ1) is 15.7. The SMILES string of the molecule is Cc1ccc(-c2ccccc2NC(=O)[C@H]2[C@@H](C(=O)O)[C@@H]3C=C[C@H]2C3)o1. The van der Waals surface area contributed by atoms with Crippen molar-refractivity contribution in [1.82, 2.24) is 0 Å². The van der Waals surface area contributed by atoms with Crippen LogP contribution in [-0.2, 0) is 9.59 Å². The van der Waals surface area contributed by atoms with Crippen molar-refractivity contribution in [2.24, 2.45) is 23.7 Å². The Morgan fingerprint density at radius 3 is 2.48 bits per heavy atom. The molecule has 1 aromatic carbocycles. The Labute approximate surface area is 145 Å². The van der Waals surface area contributed by atoms with Crippen LogP contribution in [0.4, 0.5) is 5.69 Å². The van der Waals surface area contributed by atoms with Crippen LogP contribution in [0.2, 0.25) is 0 Å². The summed E-state index contributed by atoms with van der Waals surface area (Å²) in [5.74, 6) is -0.875. The topological polar surface area (TPSA) is 79.5 Å². The molecule has 2 aromatic rings. The summed E-state index contributed by atoms with van der Waals surface area (Å²) in [5.41, 5.74) is 1.42. The Balaban J connectivity index is 1.62. The lowest BCUT2D eigenvalue weighted by molar-refractivity contribution is -0.146. The first-order chi connectivity index (χ1) is 12.0. The normalized spacial score (nSPS) is 26.8. The number of allylic oxidation sites excluding steroid dienone is 2. The highest BCUT2D eigenvalue weighted by Crippen LogP contribution is 2.48. The van der Waals surface area contributed by atoms with Crippen molar-refractivity contribution in [1.29, 1.82) is 0 Å². The number of carbonyl (C=O) groups excluding carboxylic acids is 1. The number of carboxylic acids is 1. The van der Waals surface area contributed by atoms with E-state index < -0.39 is 17.8 Å². The summed E-state index contributed by atoms with van der Waals surface area (Å²) in [4.78, 5) is 24.5. The van der Waals surface area contributed by atoms with Gasteiger partial charge in [0, 0.05) is 5.56 Å². The third-order valence-corrected chi connectivity index (χ3v) is 5.24. The maximum absolute atomic E-state index is 12.9. The monoisotopic (exact) mass is 337 g/mol. The number of hydrogen-bond acceptors (Lipinski definition) is 3. The predicted molar refractivity (Wildman–Crippen MR) is 92.9 cm³/mol. The van der Waals surface area contributed by atoms with Crippen molar-refractivity contribution in [2.75, 3.05) is 5.32 Å². The van der Waals surface area contributed by atoms with Gasteiger partial charge in [-0.3, -0.25) is 9.59 Å². The van der Waals surface area contributed by atoms with E-state index in [0.717, 1.165) is 17.7 Å². The highest BCUT2D eigenvalue weighted by atomic mass is 16.4. The molecule has 2 bridgehead atoms. The van der Waals surface area contributed by atoms with Crippen LogP contribution < -0.4 is 5.32 Å². The maximum atomic E-state index is 12.9. The van der Waals surface area contributed by atoms with Crippen molar-refractivity contribution in [3.63, 3.8) is 0 Å². The fourth-order valence-corrected chi connectivity index (χ4v) is 4.12. The average molecular weight is 337 g/mol. The number of furan rings is 1. The number of benzene rings is 1. The van der Waals surface area contributed by atoms with E-state index in [4.69, 9.17) is 4.42 Å². The summed E-state index contributed by atoms with van der Waals surface area (Å²) in [5, 5.41) is 12.5. The van der Waals surface area contributed by atoms with E-state index >= 15 is 0 Å². The van der Waals surface area contributed by atoms with Crippen molar-refractivity contribution < 1.29 is 19.1 Å². The van der Waals surface area contributed by atoms with E-state index in [9.17, 15) is 14.7 Å². The van der Waals surface area contributed by atoms with Crippen LogP contribution in [0.1, 0.15) is 12.2 Å². The highest BCUT2D eigenvalue weighted by molar-refractivity contribution is 5.99. The molecular formula is C20H19NO4. The summed E-state index contributed by atoms with van der Waals surface area (Å²) < 4.78 is 5.67. The second-order valence-electron chi connectivity index (χ2n) is 6.78. The molecule has 5 heteroatoms. The van der Waals surface area contributed by atoms with Crippen LogP contribution in [0.15, 0.2) is 53.0 Å². The molecule has 1 aromatic heterocycles. The first-order valence-corrected chi connectivity index (χ1v) is 8.42. The zero-order valence-corrected chi connectivity index (χ0v) is 13.8. The number of anilines is 1. The summed E-state index contributed by atoms with van der Waals surface area (Å²) in [7, 11) is 0. The smallest absolute Gasteiger partial charge is 0.307 e.